The number of carbonyl (C=O) groups excluding carboxylic acids is 1. The summed E-state index contributed by atoms with van der Waals surface area (Å²) in [5, 5.41) is 2.89. The van der Waals surface area contributed by atoms with Gasteiger partial charge in [-0.15, -0.1) is 0 Å². The zero-order valence-electron chi connectivity index (χ0n) is 6.67. The van der Waals surface area contributed by atoms with Crippen molar-refractivity contribution in [2.24, 2.45) is 5.73 Å². The molecule has 0 spiro atoms. The van der Waals surface area contributed by atoms with Crippen LogP contribution in [0.5, 0.6) is 0 Å². The summed E-state index contributed by atoms with van der Waals surface area (Å²) >= 11 is 1.88. The lowest BCUT2D eigenvalue weighted by Crippen LogP contribution is -2.43. The first-order valence-corrected chi connectivity index (χ1v) is 4.99. The Morgan fingerprint density at radius 2 is 2.55 bits per heavy atom. The number of thioether (sulfide) groups is 1. The molecule has 0 radical (unpaired) electrons. The summed E-state index contributed by atoms with van der Waals surface area (Å²) in [6.07, 6.45) is 1.09. The largest absolute Gasteiger partial charge is 0.351 e. The molecule has 3 N–H and O–H groups in total. The van der Waals surface area contributed by atoms with Gasteiger partial charge in [-0.2, -0.15) is 11.8 Å². The Labute approximate surface area is 71.1 Å². The van der Waals surface area contributed by atoms with E-state index in [1.807, 2.05) is 11.8 Å². The highest BCUT2D eigenvalue weighted by atomic mass is 32.2. The fraction of sp³-hybridized carbons (Fsp3) is 0.857. The molecule has 11 heavy (non-hydrogen) atoms. The molecule has 1 aliphatic heterocycles. The first kappa shape index (κ1) is 8.87. The van der Waals surface area contributed by atoms with Crippen molar-refractivity contribution in [3.05, 3.63) is 0 Å². The van der Waals surface area contributed by atoms with Crippen LogP contribution in [0.3, 0.4) is 0 Å². The molecule has 0 aromatic heterocycles. The van der Waals surface area contributed by atoms with Gasteiger partial charge in [0.15, 0.2) is 0 Å². The molecule has 3 nitrogen and oxygen atoms in total. The van der Waals surface area contributed by atoms with Gasteiger partial charge in [0.25, 0.3) is 0 Å². The zero-order chi connectivity index (χ0) is 8.27. The quantitative estimate of drug-likeness (QED) is 0.617. The van der Waals surface area contributed by atoms with Crippen molar-refractivity contribution in [3.8, 4) is 0 Å². The molecule has 1 heterocycles. The molecule has 0 aliphatic carbocycles. The Morgan fingerprint density at radius 1 is 1.82 bits per heavy atom. The average molecular weight is 174 g/mol. The second kappa shape index (κ2) is 3.97. The third-order valence-corrected chi connectivity index (χ3v) is 2.85. The molecular weight excluding hydrogens is 160 g/mol. The summed E-state index contributed by atoms with van der Waals surface area (Å²) in [4.78, 5) is 11.1. The minimum atomic E-state index is -0.374. The van der Waals surface area contributed by atoms with Crippen LogP contribution < -0.4 is 11.1 Å². The molecule has 0 aromatic carbocycles. The lowest BCUT2D eigenvalue weighted by molar-refractivity contribution is -0.122. The van der Waals surface area contributed by atoms with Crippen LogP contribution >= 0.6 is 11.8 Å². The predicted octanol–water partition coefficient (Wildman–Crippen LogP) is -0.0447. The van der Waals surface area contributed by atoms with Crippen LogP contribution in [0.15, 0.2) is 0 Å². The molecule has 4 heteroatoms. The summed E-state index contributed by atoms with van der Waals surface area (Å²) in [5.74, 6) is 2.17. The Bertz CT molecular complexity index is 143. The molecule has 1 fully saturated rings. The van der Waals surface area contributed by atoms with Crippen molar-refractivity contribution < 1.29 is 4.79 Å². The molecule has 0 saturated carbocycles. The Morgan fingerprint density at radius 3 is 3.00 bits per heavy atom. The van der Waals surface area contributed by atoms with Gasteiger partial charge in [0.2, 0.25) is 5.91 Å². The number of hydrogen-bond acceptors (Lipinski definition) is 3. The van der Waals surface area contributed by atoms with Crippen LogP contribution in [0.25, 0.3) is 0 Å². The molecular formula is C7H14N2OS. The topological polar surface area (TPSA) is 55.1 Å². The maximum absolute atomic E-state index is 11.1. The second-order valence-corrected chi connectivity index (χ2v) is 4.01. The SMILES string of the molecule is CC(N)C(=O)NC1CCSC1. The number of nitrogens with two attached hydrogens (primary N) is 1. The van der Waals surface area contributed by atoms with E-state index in [-0.39, 0.29) is 11.9 Å². The van der Waals surface area contributed by atoms with E-state index >= 15 is 0 Å². The second-order valence-electron chi connectivity index (χ2n) is 2.86. The third kappa shape index (κ3) is 2.71. The monoisotopic (exact) mass is 174 g/mol. The first-order chi connectivity index (χ1) is 5.20. The summed E-state index contributed by atoms with van der Waals surface area (Å²) < 4.78 is 0. The normalized spacial score (nSPS) is 26.5. The van der Waals surface area contributed by atoms with Gasteiger partial charge in [-0.3, -0.25) is 4.79 Å². The van der Waals surface area contributed by atoms with Crippen molar-refractivity contribution >= 4 is 17.7 Å². The number of hydrogen-bond donors (Lipinski definition) is 2. The minimum Gasteiger partial charge on any atom is -0.351 e. The Hall–Kier alpha value is -0.220. The molecule has 2 unspecified atom stereocenters. The van der Waals surface area contributed by atoms with E-state index < -0.39 is 0 Å². The van der Waals surface area contributed by atoms with E-state index in [4.69, 9.17) is 5.73 Å². The van der Waals surface area contributed by atoms with E-state index in [9.17, 15) is 4.79 Å². The van der Waals surface area contributed by atoms with Gasteiger partial charge in [0, 0.05) is 11.8 Å². The maximum atomic E-state index is 11.1. The molecule has 0 aromatic rings. The summed E-state index contributed by atoms with van der Waals surface area (Å²) in [6, 6.07) is -0.0147. The molecule has 1 amide bonds. The van der Waals surface area contributed by atoms with Crippen LogP contribution in [-0.2, 0) is 4.79 Å². The van der Waals surface area contributed by atoms with Gasteiger partial charge in [-0.25, -0.2) is 0 Å². The van der Waals surface area contributed by atoms with Crippen LogP contribution in [0.1, 0.15) is 13.3 Å². The summed E-state index contributed by atoms with van der Waals surface area (Å²) in [7, 11) is 0. The van der Waals surface area contributed by atoms with Crippen LogP contribution in [0.4, 0.5) is 0 Å². The van der Waals surface area contributed by atoms with Gasteiger partial charge in [-0.05, 0) is 19.1 Å². The summed E-state index contributed by atoms with van der Waals surface area (Å²) in [5.41, 5.74) is 5.40. The molecule has 1 aliphatic rings. The summed E-state index contributed by atoms with van der Waals surface area (Å²) in [6.45, 7) is 1.71. The Balaban J connectivity index is 2.24. The van der Waals surface area contributed by atoms with E-state index in [2.05, 4.69) is 5.32 Å². The Kier molecular flexibility index (Phi) is 3.20. The van der Waals surface area contributed by atoms with Crippen molar-refractivity contribution in [2.75, 3.05) is 11.5 Å². The fourth-order valence-electron chi connectivity index (χ4n) is 0.981. The van der Waals surface area contributed by atoms with Gasteiger partial charge in [0.1, 0.15) is 0 Å². The molecule has 2 atom stereocenters. The van der Waals surface area contributed by atoms with Crippen LogP contribution in [0.2, 0.25) is 0 Å². The number of carbonyl (C=O) groups is 1. The zero-order valence-corrected chi connectivity index (χ0v) is 7.49. The first-order valence-electron chi connectivity index (χ1n) is 3.84. The van der Waals surface area contributed by atoms with Crippen molar-refractivity contribution in [1.82, 2.24) is 5.32 Å². The lowest BCUT2D eigenvalue weighted by Gasteiger charge is -2.12. The van der Waals surface area contributed by atoms with Gasteiger partial charge in [0.05, 0.1) is 6.04 Å². The number of rotatable bonds is 2. The van der Waals surface area contributed by atoms with Crippen molar-refractivity contribution in [1.29, 1.82) is 0 Å². The molecule has 1 saturated heterocycles. The molecule has 1 rings (SSSR count). The van der Waals surface area contributed by atoms with Crippen molar-refractivity contribution in [2.45, 2.75) is 25.4 Å². The van der Waals surface area contributed by atoms with E-state index in [1.165, 1.54) is 0 Å². The fourth-order valence-corrected chi connectivity index (χ4v) is 2.13. The molecule has 64 valence electrons. The predicted molar refractivity (Wildman–Crippen MR) is 47.5 cm³/mol. The highest BCUT2D eigenvalue weighted by Crippen LogP contribution is 2.16. The van der Waals surface area contributed by atoms with Gasteiger partial charge in [-0.1, -0.05) is 0 Å². The van der Waals surface area contributed by atoms with Gasteiger partial charge >= 0.3 is 0 Å². The van der Waals surface area contributed by atoms with E-state index in [1.54, 1.807) is 6.92 Å². The lowest BCUT2D eigenvalue weighted by atomic mass is 10.2. The maximum Gasteiger partial charge on any atom is 0.236 e. The molecule has 0 bridgehead atoms. The highest BCUT2D eigenvalue weighted by molar-refractivity contribution is 7.99. The van der Waals surface area contributed by atoms with Crippen LogP contribution in [-0.4, -0.2) is 29.5 Å². The van der Waals surface area contributed by atoms with E-state index in [0.29, 0.717) is 6.04 Å². The standard InChI is InChI=1S/C7H14N2OS/c1-5(8)7(10)9-6-2-3-11-4-6/h5-6H,2-4,8H2,1H3,(H,9,10). The average Bonchev–Trinajstić information content (AvgIpc) is 2.39. The van der Waals surface area contributed by atoms with Gasteiger partial charge < -0.3 is 11.1 Å². The van der Waals surface area contributed by atoms with Crippen molar-refractivity contribution in [3.63, 3.8) is 0 Å². The minimum absolute atomic E-state index is 0.0301. The number of nitrogens with one attached hydrogen (secondary N) is 1. The van der Waals surface area contributed by atoms with E-state index in [0.717, 1.165) is 17.9 Å². The number of amides is 1. The smallest absolute Gasteiger partial charge is 0.236 e. The van der Waals surface area contributed by atoms with Crippen LogP contribution in [0, 0.1) is 0 Å². The highest BCUT2D eigenvalue weighted by Gasteiger charge is 2.18. The third-order valence-electron chi connectivity index (χ3n) is 1.69.